The largest absolute Gasteiger partial charge is 0.248 e. The topological polar surface area (TPSA) is 12.4 Å². The highest BCUT2D eigenvalue weighted by Crippen LogP contribution is 2.29. The lowest BCUT2D eigenvalue weighted by atomic mass is 10.0. The molecule has 1 aromatic carbocycles. The Kier molecular flexibility index (Phi) is 2.26. The summed E-state index contributed by atoms with van der Waals surface area (Å²) < 4.78 is 0. The third-order valence-electron chi connectivity index (χ3n) is 2.15. The molecule has 0 saturated heterocycles. The van der Waals surface area contributed by atoms with E-state index in [0.29, 0.717) is 0 Å². The molecule has 13 heavy (non-hydrogen) atoms. The molecule has 0 atom stereocenters. The highest BCUT2D eigenvalue weighted by molar-refractivity contribution is 6.18. The summed E-state index contributed by atoms with van der Waals surface area (Å²) in [5.41, 5.74) is 3.54. The van der Waals surface area contributed by atoms with E-state index in [1.54, 1.807) is 0 Å². The average Bonchev–Trinajstić information content (AvgIpc) is 2.13. The molecule has 1 aromatic rings. The van der Waals surface area contributed by atoms with Crippen molar-refractivity contribution in [2.45, 2.75) is 19.8 Å². The van der Waals surface area contributed by atoms with Gasteiger partial charge in [-0.25, -0.2) is 4.99 Å². The fraction of sp³-hybridized carbons (Fsp3) is 0.250. The Balaban J connectivity index is 2.08. The van der Waals surface area contributed by atoms with Crippen LogP contribution in [0.1, 0.15) is 25.3 Å². The summed E-state index contributed by atoms with van der Waals surface area (Å²) in [7, 11) is 0. The minimum atomic E-state index is 1.12. The molecule has 1 heteroatoms. The number of nitrogens with zero attached hydrogens (tertiary/aromatic N) is 1. The van der Waals surface area contributed by atoms with Gasteiger partial charge in [-0.15, -0.1) is 0 Å². The molecule has 1 aliphatic heterocycles. The van der Waals surface area contributed by atoms with E-state index < -0.39 is 0 Å². The number of benzene rings is 1. The van der Waals surface area contributed by atoms with Gasteiger partial charge in [-0.3, -0.25) is 0 Å². The van der Waals surface area contributed by atoms with Crippen LogP contribution in [0.15, 0.2) is 41.4 Å². The summed E-state index contributed by atoms with van der Waals surface area (Å²) in [6.07, 6.45) is 6.65. The van der Waals surface area contributed by atoms with E-state index in [9.17, 15) is 0 Å². The van der Waals surface area contributed by atoms with Crippen LogP contribution >= 0.6 is 0 Å². The average molecular weight is 171 g/mol. The van der Waals surface area contributed by atoms with Crippen molar-refractivity contribution in [2.24, 2.45) is 4.99 Å². The van der Waals surface area contributed by atoms with Gasteiger partial charge in [0.05, 0.1) is 11.4 Å². The molecule has 0 aliphatic carbocycles. The van der Waals surface area contributed by atoms with Crippen LogP contribution in [-0.2, 0) is 0 Å². The van der Waals surface area contributed by atoms with Gasteiger partial charge in [0.1, 0.15) is 0 Å². The lowest BCUT2D eigenvalue weighted by Gasteiger charge is -2.14. The van der Waals surface area contributed by atoms with Crippen molar-refractivity contribution in [2.75, 3.05) is 0 Å². The molecule has 2 rings (SSSR count). The normalized spacial score (nSPS) is 13.8. The number of para-hydroxylation sites is 1. The van der Waals surface area contributed by atoms with Gasteiger partial charge >= 0.3 is 0 Å². The molecule has 0 radical (unpaired) electrons. The van der Waals surface area contributed by atoms with Gasteiger partial charge in [0.15, 0.2) is 0 Å². The highest BCUT2D eigenvalue weighted by atomic mass is 14.8. The fourth-order valence-electron chi connectivity index (χ4n) is 1.41. The van der Waals surface area contributed by atoms with Crippen molar-refractivity contribution in [3.05, 3.63) is 42.0 Å². The van der Waals surface area contributed by atoms with E-state index in [1.165, 1.54) is 12.0 Å². The van der Waals surface area contributed by atoms with Crippen molar-refractivity contribution in [1.29, 1.82) is 0 Å². The SMILES string of the molecule is CCC/C=C\C1=Nc2ccccc21. The molecule has 1 nitrogen and oxygen atoms in total. The predicted molar refractivity (Wildman–Crippen MR) is 56.7 cm³/mol. The lowest BCUT2D eigenvalue weighted by molar-refractivity contribution is 0.959. The van der Waals surface area contributed by atoms with E-state index >= 15 is 0 Å². The van der Waals surface area contributed by atoms with Crippen LogP contribution in [0.5, 0.6) is 0 Å². The molecule has 0 fully saturated rings. The van der Waals surface area contributed by atoms with E-state index in [2.05, 4.69) is 36.2 Å². The second-order valence-corrected chi connectivity index (χ2v) is 3.21. The van der Waals surface area contributed by atoms with Crippen molar-refractivity contribution in [1.82, 2.24) is 0 Å². The third kappa shape index (κ3) is 1.55. The van der Waals surface area contributed by atoms with Crippen LogP contribution in [0.3, 0.4) is 0 Å². The molecule has 0 spiro atoms. The van der Waals surface area contributed by atoms with Crippen molar-refractivity contribution < 1.29 is 0 Å². The van der Waals surface area contributed by atoms with Gasteiger partial charge in [-0.1, -0.05) is 37.6 Å². The van der Waals surface area contributed by atoms with E-state index in [-0.39, 0.29) is 0 Å². The number of fused-ring (bicyclic) bond motifs is 1. The summed E-state index contributed by atoms with van der Waals surface area (Å²) >= 11 is 0. The monoisotopic (exact) mass is 171 g/mol. The molecule has 66 valence electrons. The number of aliphatic imine (C=N–C) groups is 1. The number of hydrogen-bond acceptors (Lipinski definition) is 1. The smallest absolute Gasteiger partial charge is 0.0731 e. The van der Waals surface area contributed by atoms with Crippen LogP contribution in [0.2, 0.25) is 0 Å². The van der Waals surface area contributed by atoms with Gasteiger partial charge < -0.3 is 0 Å². The quantitative estimate of drug-likeness (QED) is 0.660. The minimum Gasteiger partial charge on any atom is -0.248 e. The summed E-state index contributed by atoms with van der Waals surface area (Å²) in [6, 6.07) is 8.25. The second kappa shape index (κ2) is 3.56. The van der Waals surface area contributed by atoms with E-state index in [0.717, 1.165) is 17.8 Å². The Morgan fingerprint density at radius 3 is 2.92 bits per heavy atom. The van der Waals surface area contributed by atoms with Gasteiger partial charge in [0, 0.05) is 5.56 Å². The standard InChI is InChI=1S/C12H13N/c1-2-3-4-8-11-10-7-5-6-9-12(10)13-11/h4-9H,2-3H2,1H3/b8-4-. The second-order valence-electron chi connectivity index (χ2n) is 3.21. The zero-order chi connectivity index (χ0) is 9.10. The Bertz CT molecular complexity index is 361. The van der Waals surface area contributed by atoms with Crippen LogP contribution < -0.4 is 0 Å². The summed E-state index contributed by atoms with van der Waals surface area (Å²) in [6.45, 7) is 2.18. The van der Waals surface area contributed by atoms with Crippen LogP contribution in [0, 0.1) is 0 Å². The molecule has 1 aliphatic rings. The molecule has 0 N–H and O–H groups in total. The Labute approximate surface area is 78.8 Å². The van der Waals surface area contributed by atoms with Crippen LogP contribution in [-0.4, -0.2) is 5.71 Å². The first-order chi connectivity index (χ1) is 6.42. The van der Waals surface area contributed by atoms with Crippen molar-refractivity contribution in [3.63, 3.8) is 0 Å². The van der Waals surface area contributed by atoms with Crippen molar-refractivity contribution >= 4 is 11.4 Å². The number of hydrogen-bond donors (Lipinski definition) is 0. The predicted octanol–water partition coefficient (Wildman–Crippen LogP) is 3.48. The zero-order valence-electron chi connectivity index (χ0n) is 7.83. The Morgan fingerprint density at radius 1 is 1.31 bits per heavy atom. The fourth-order valence-corrected chi connectivity index (χ4v) is 1.41. The van der Waals surface area contributed by atoms with Gasteiger partial charge in [-0.05, 0) is 18.6 Å². The van der Waals surface area contributed by atoms with Gasteiger partial charge in [-0.2, -0.15) is 0 Å². The van der Waals surface area contributed by atoms with Crippen molar-refractivity contribution in [3.8, 4) is 0 Å². The highest BCUT2D eigenvalue weighted by Gasteiger charge is 2.13. The number of unbranched alkanes of at least 4 members (excludes halogenated alkanes) is 1. The Hall–Kier alpha value is -1.37. The maximum Gasteiger partial charge on any atom is 0.0731 e. The van der Waals surface area contributed by atoms with Gasteiger partial charge in [0.25, 0.3) is 0 Å². The Morgan fingerprint density at radius 2 is 2.15 bits per heavy atom. The molecule has 1 heterocycles. The summed E-state index contributed by atoms with van der Waals surface area (Å²) in [4.78, 5) is 4.39. The molecule has 0 bridgehead atoms. The van der Waals surface area contributed by atoms with E-state index in [4.69, 9.17) is 0 Å². The molecule has 0 saturated carbocycles. The molecule has 0 unspecified atom stereocenters. The molecular weight excluding hydrogens is 158 g/mol. The first-order valence-electron chi connectivity index (χ1n) is 4.76. The minimum absolute atomic E-state index is 1.12. The maximum atomic E-state index is 4.39. The molecule has 0 amide bonds. The number of allylic oxidation sites excluding steroid dienone is 2. The maximum absolute atomic E-state index is 4.39. The zero-order valence-corrected chi connectivity index (χ0v) is 7.83. The van der Waals surface area contributed by atoms with Gasteiger partial charge in [0.2, 0.25) is 0 Å². The third-order valence-corrected chi connectivity index (χ3v) is 2.15. The summed E-state index contributed by atoms with van der Waals surface area (Å²) in [5.74, 6) is 0. The lowest BCUT2D eigenvalue weighted by Crippen LogP contribution is -2.04. The summed E-state index contributed by atoms with van der Waals surface area (Å²) in [5, 5.41) is 0. The molecular formula is C12H13N. The number of rotatable bonds is 3. The van der Waals surface area contributed by atoms with Crippen LogP contribution in [0.25, 0.3) is 0 Å². The first kappa shape index (κ1) is 8.24. The molecule has 0 aromatic heterocycles. The van der Waals surface area contributed by atoms with Crippen LogP contribution in [0.4, 0.5) is 5.69 Å². The first-order valence-corrected chi connectivity index (χ1v) is 4.76. The van der Waals surface area contributed by atoms with E-state index in [1.807, 2.05) is 12.1 Å².